The molecule has 29 heavy (non-hydrogen) atoms. The van der Waals surface area contributed by atoms with Gasteiger partial charge in [0.25, 0.3) is 0 Å². The maximum absolute atomic E-state index is 14.0. The zero-order valence-electron chi connectivity index (χ0n) is 18.3. The monoisotopic (exact) mass is 428 g/mol. The smallest absolute Gasteiger partial charge is 0.407 e. The summed E-state index contributed by atoms with van der Waals surface area (Å²) >= 11 is 0. The number of nitrogens with one attached hydrogen (secondary N) is 2. The van der Waals surface area contributed by atoms with Crippen LogP contribution in [0.25, 0.3) is 0 Å². The molecule has 0 radical (unpaired) electrons. The normalized spacial score (nSPS) is 29.8. The molecule has 2 aliphatic rings. The minimum atomic E-state index is -1.56. The van der Waals surface area contributed by atoms with E-state index in [1.807, 2.05) is 20.8 Å². The highest BCUT2D eigenvalue weighted by Gasteiger charge is 2.54. The Morgan fingerprint density at radius 1 is 1.28 bits per heavy atom. The van der Waals surface area contributed by atoms with Gasteiger partial charge in [0, 0.05) is 29.2 Å². The SMILES string of the molecule is C[C@H](c1cc(F)ccc1OC1CC(NC(=O)OC(C)(C)C)C1)S1(C(C)(C)C)NO1. The fourth-order valence-corrected chi connectivity index (χ4v) is 6.20. The molecule has 164 valence electrons. The molecule has 1 saturated carbocycles. The van der Waals surface area contributed by atoms with Crippen molar-refractivity contribution in [2.75, 3.05) is 0 Å². The predicted molar refractivity (Wildman–Crippen MR) is 113 cm³/mol. The minimum absolute atomic E-state index is 0.0241. The first kappa shape index (κ1) is 22.2. The minimum Gasteiger partial charge on any atom is -0.490 e. The highest BCUT2D eigenvalue weighted by atomic mass is 32.3. The van der Waals surface area contributed by atoms with Crippen LogP contribution in [0.15, 0.2) is 18.2 Å². The quantitative estimate of drug-likeness (QED) is 0.623. The van der Waals surface area contributed by atoms with Gasteiger partial charge < -0.3 is 14.8 Å². The highest BCUT2D eigenvalue weighted by Crippen LogP contribution is 2.75. The van der Waals surface area contributed by atoms with Crippen LogP contribution in [0.5, 0.6) is 5.75 Å². The second kappa shape index (κ2) is 7.63. The molecule has 2 atom stereocenters. The van der Waals surface area contributed by atoms with Crippen molar-refractivity contribution in [2.45, 2.75) is 89.1 Å². The van der Waals surface area contributed by atoms with E-state index >= 15 is 0 Å². The fraction of sp³-hybridized carbons (Fsp3) is 0.667. The molecule has 1 aliphatic carbocycles. The van der Waals surface area contributed by atoms with Crippen LogP contribution < -0.4 is 14.9 Å². The van der Waals surface area contributed by atoms with E-state index in [-0.39, 0.29) is 28.0 Å². The summed E-state index contributed by atoms with van der Waals surface area (Å²) in [7, 11) is -1.56. The molecule has 1 aliphatic heterocycles. The van der Waals surface area contributed by atoms with Gasteiger partial charge in [0.2, 0.25) is 0 Å². The van der Waals surface area contributed by atoms with Crippen LogP contribution in [0.3, 0.4) is 0 Å². The summed E-state index contributed by atoms with van der Waals surface area (Å²) in [5.74, 6) is 0.384. The van der Waals surface area contributed by atoms with Gasteiger partial charge in [0.15, 0.2) is 0 Å². The van der Waals surface area contributed by atoms with E-state index in [0.29, 0.717) is 18.6 Å². The summed E-state index contributed by atoms with van der Waals surface area (Å²) in [5, 5.41) is 2.84. The first-order chi connectivity index (χ1) is 13.3. The number of carbonyl (C=O) groups excluding carboxylic acids is 1. The van der Waals surface area contributed by atoms with Crippen molar-refractivity contribution in [3.05, 3.63) is 29.6 Å². The van der Waals surface area contributed by atoms with Gasteiger partial charge >= 0.3 is 6.09 Å². The highest BCUT2D eigenvalue weighted by molar-refractivity contribution is 8.33. The van der Waals surface area contributed by atoms with E-state index in [9.17, 15) is 9.18 Å². The molecule has 8 heteroatoms. The summed E-state index contributed by atoms with van der Waals surface area (Å²) in [6.45, 7) is 13.9. The van der Waals surface area contributed by atoms with Crippen molar-refractivity contribution in [1.82, 2.24) is 10.2 Å². The Hall–Kier alpha value is -1.51. The molecule has 1 unspecified atom stereocenters. The van der Waals surface area contributed by atoms with Crippen molar-refractivity contribution >= 4 is 16.6 Å². The molecule has 1 amide bonds. The summed E-state index contributed by atoms with van der Waals surface area (Å²) in [6.07, 6.45) is 0.942. The molecule has 6 nitrogen and oxygen atoms in total. The van der Waals surface area contributed by atoms with E-state index in [2.05, 4.69) is 37.9 Å². The number of halogens is 1. The molecule has 2 N–H and O–H groups in total. The number of carbonyl (C=O) groups is 1. The average Bonchev–Trinajstić information content (AvgIpc) is 3.33. The van der Waals surface area contributed by atoms with Crippen LogP contribution in [-0.2, 0) is 9.02 Å². The standard InChI is InChI=1S/C21H33FN2O4S/c1-13(29(24-28-29)21(5,6)7)17-10-14(22)8-9-18(17)26-16-11-15(12-16)23-19(25)27-20(2,3)4/h8-10,13,15-16,24H,11-12H2,1-7H3,(H,23,25)/t13-,15?,16?/m1/s1. The van der Waals surface area contributed by atoms with Crippen molar-refractivity contribution in [1.29, 1.82) is 0 Å². The second-order valence-corrected chi connectivity index (χ2v) is 13.2. The van der Waals surface area contributed by atoms with E-state index in [1.165, 1.54) is 6.07 Å². The summed E-state index contributed by atoms with van der Waals surface area (Å²) in [5.41, 5.74) is 0.288. The van der Waals surface area contributed by atoms with E-state index in [1.54, 1.807) is 12.1 Å². The van der Waals surface area contributed by atoms with Gasteiger partial charge in [-0.05, 0) is 77.2 Å². The Morgan fingerprint density at radius 3 is 2.41 bits per heavy atom. The molecular formula is C21H33FN2O4S. The molecule has 2 fully saturated rings. The first-order valence-electron chi connectivity index (χ1n) is 10.0. The third-order valence-electron chi connectivity index (χ3n) is 5.19. The number of benzene rings is 1. The second-order valence-electron chi connectivity index (χ2n) is 9.76. The number of ether oxygens (including phenoxy) is 2. The van der Waals surface area contributed by atoms with Crippen LogP contribution in [0.2, 0.25) is 0 Å². The van der Waals surface area contributed by atoms with E-state index < -0.39 is 22.2 Å². The average molecular weight is 429 g/mol. The first-order valence-corrected chi connectivity index (χ1v) is 11.7. The van der Waals surface area contributed by atoms with Crippen LogP contribution >= 0.6 is 10.5 Å². The van der Waals surface area contributed by atoms with Crippen LogP contribution in [0.4, 0.5) is 9.18 Å². The summed E-state index contributed by atoms with van der Waals surface area (Å²) < 4.78 is 31.1. The van der Waals surface area contributed by atoms with Gasteiger partial charge in [0.05, 0.1) is 5.25 Å². The van der Waals surface area contributed by atoms with E-state index in [0.717, 1.165) is 5.56 Å². The van der Waals surface area contributed by atoms with Crippen LogP contribution in [0, 0.1) is 5.82 Å². The number of hydrogen-bond acceptors (Lipinski definition) is 5. The van der Waals surface area contributed by atoms with Gasteiger partial charge in [-0.3, -0.25) is 0 Å². The topological polar surface area (TPSA) is 82.0 Å². The van der Waals surface area contributed by atoms with Crippen LogP contribution in [-0.4, -0.2) is 28.6 Å². The lowest BCUT2D eigenvalue weighted by Crippen LogP contribution is -2.50. The molecule has 3 rings (SSSR count). The van der Waals surface area contributed by atoms with Gasteiger partial charge in [-0.2, -0.15) is 0 Å². The predicted octanol–water partition coefficient (Wildman–Crippen LogP) is 5.29. The molecule has 1 aromatic carbocycles. The van der Waals surface area contributed by atoms with E-state index in [4.69, 9.17) is 13.8 Å². The summed E-state index contributed by atoms with van der Waals surface area (Å²) in [6, 6.07) is 4.67. The Kier molecular flexibility index (Phi) is 5.84. The van der Waals surface area contributed by atoms with Crippen LogP contribution in [0.1, 0.15) is 72.1 Å². The number of alkyl carbamates (subject to hydrolysis) is 1. The largest absolute Gasteiger partial charge is 0.490 e. The van der Waals surface area contributed by atoms with Crippen molar-refractivity contribution in [3.63, 3.8) is 0 Å². The maximum atomic E-state index is 14.0. The number of rotatable bonds is 5. The van der Waals surface area contributed by atoms with Gasteiger partial charge in [-0.25, -0.2) is 13.5 Å². The zero-order valence-corrected chi connectivity index (χ0v) is 19.1. The number of hydrogen-bond donors (Lipinski definition) is 2. The molecule has 1 heterocycles. The molecule has 1 saturated heterocycles. The molecule has 0 bridgehead atoms. The molecule has 1 aromatic rings. The molecule has 0 aromatic heterocycles. The van der Waals surface area contributed by atoms with Crippen molar-refractivity contribution in [3.8, 4) is 5.75 Å². The Labute approximate surface area is 174 Å². The third kappa shape index (κ3) is 4.98. The zero-order chi connectivity index (χ0) is 21.6. The number of amides is 1. The Bertz CT molecular complexity index is 765. The fourth-order valence-electron chi connectivity index (χ4n) is 3.52. The van der Waals surface area contributed by atoms with Crippen molar-refractivity contribution < 1.29 is 22.9 Å². The molecule has 0 spiro atoms. The lowest BCUT2D eigenvalue weighted by atomic mass is 9.89. The summed E-state index contributed by atoms with van der Waals surface area (Å²) in [4.78, 5) is 15.0. The Balaban J connectivity index is 1.63. The lowest BCUT2D eigenvalue weighted by molar-refractivity contribution is 0.0361. The third-order valence-corrected chi connectivity index (χ3v) is 8.78. The lowest BCUT2D eigenvalue weighted by Gasteiger charge is -2.38. The molecular weight excluding hydrogens is 395 g/mol. The Morgan fingerprint density at radius 2 is 1.90 bits per heavy atom. The van der Waals surface area contributed by atoms with Gasteiger partial charge in [0.1, 0.15) is 23.3 Å². The van der Waals surface area contributed by atoms with Gasteiger partial charge in [-0.1, -0.05) is 0 Å². The maximum Gasteiger partial charge on any atom is 0.407 e. The van der Waals surface area contributed by atoms with Gasteiger partial charge in [-0.15, -0.1) is 4.89 Å². The van der Waals surface area contributed by atoms with Crippen molar-refractivity contribution in [2.24, 2.45) is 0 Å².